The molecule has 1 N–H and O–H groups in total. The number of methoxy groups -OCH3 is 1. The topological polar surface area (TPSA) is 41.6 Å². The lowest BCUT2D eigenvalue weighted by Crippen LogP contribution is -2.32. The maximum Gasteiger partial charge on any atom is 0.223 e. The van der Waals surface area contributed by atoms with Gasteiger partial charge in [0.2, 0.25) is 5.91 Å². The van der Waals surface area contributed by atoms with Gasteiger partial charge in [0.1, 0.15) is 5.75 Å². The summed E-state index contributed by atoms with van der Waals surface area (Å²) in [5, 5.41) is 3.39. The normalized spacial score (nSPS) is 14.2. The molecule has 0 unspecified atom stereocenters. The third kappa shape index (κ3) is 6.84. The molecule has 2 aromatic carbocycles. The molecule has 0 aliphatic carbocycles. The Morgan fingerprint density at radius 1 is 1.00 bits per heavy atom. The molecule has 0 aromatic heterocycles. The van der Waals surface area contributed by atoms with E-state index in [9.17, 15) is 4.79 Å². The Bertz CT molecular complexity index is 700. The first-order valence-electron chi connectivity index (χ1n) is 9.90. The summed E-state index contributed by atoms with van der Waals surface area (Å²) in [6.45, 7) is 3.44. The second-order valence-corrected chi connectivity index (χ2v) is 7.32. The zero-order valence-electron chi connectivity index (χ0n) is 16.6. The van der Waals surface area contributed by atoms with Crippen LogP contribution in [0.5, 0.6) is 5.75 Å². The van der Waals surface area contributed by atoms with Crippen LogP contribution >= 0.6 is 12.4 Å². The Morgan fingerprint density at radius 3 is 2.21 bits per heavy atom. The highest BCUT2D eigenvalue weighted by Crippen LogP contribution is 2.20. The molecule has 0 atom stereocenters. The van der Waals surface area contributed by atoms with Crippen LogP contribution in [-0.2, 0) is 17.9 Å². The molecule has 152 valence electrons. The fourth-order valence-electron chi connectivity index (χ4n) is 3.64. The van der Waals surface area contributed by atoms with E-state index in [2.05, 4.69) is 17.4 Å². The van der Waals surface area contributed by atoms with Crippen molar-refractivity contribution in [1.29, 1.82) is 0 Å². The standard InChI is InChI=1S/C23H30N2O2.ClH/c1-27-22-10-7-21(8-11-22)18-25(17-20-5-3-2-4-6-20)23(26)12-9-19-13-15-24-16-14-19;/h2-8,10-11,19,24H,9,12-18H2,1H3;1H. The molecule has 2 aromatic rings. The summed E-state index contributed by atoms with van der Waals surface area (Å²) in [6.07, 6.45) is 4.00. The maximum absolute atomic E-state index is 13.0. The fourth-order valence-corrected chi connectivity index (χ4v) is 3.64. The second kappa shape index (κ2) is 11.7. The third-order valence-electron chi connectivity index (χ3n) is 5.33. The Labute approximate surface area is 174 Å². The van der Waals surface area contributed by atoms with Crippen molar-refractivity contribution in [2.45, 2.75) is 38.8 Å². The summed E-state index contributed by atoms with van der Waals surface area (Å²) in [6, 6.07) is 18.2. The molecular weight excluding hydrogens is 372 g/mol. The minimum Gasteiger partial charge on any atom is -0.497 e. The summed E-state index contributed by atoms with van der Waals surface area (Å²) in [7, 11) is 1.67. The number of hydrogen-bond acceptors (Lipinski definition) is 3. The van der Waals surface area contributed by atoms with E-state index in [-0.39, 0.29) is 18.3 Å². The van der Waals surface area contributed by atoms with Crippen LogP contribution < -0.4 is 10.1 Å². The molecular formula is C23H31ClN2O2. The molecule has 28 heavy (non-hydrogen) atoms. The highest BCUT2D eigenvalue weighted by Gasteiger charge is 2.19. The van der Waals surface area contributed by atoms with Gasteiger partial charge in [-0.3, -0.25) is 4.79 Å². The van der Waals surface area contributed by atoms with E-state index in [0.717, 1.165) is 30.8 Å². The average Bonchev–Trinajstić information content (AvgIpc) is 2.73. The van der Waals surface area contributed by atoms with Crippen LogP contribution in [0.25, 0.3) is 0 Å². The Balaban J connectivity index is 0.00000280. The molecule has 0 bridgehead atoms. The van der Waals surface area contributed by atoms with Gasteiger partial charge in [0.05, 0.1) is 7.11 Å². The number of hydrogen-bond donors (Lipinski definition) is 1. The minimum atomic E-state index is 0. The van der Waals surface area contributed by atoms with Crippen LogP contribution in [0, 0.1) is 5.92 Å². The van der Waals surface area contributed by atoms with Crippen LogP contribution in [0.2, 0.25) is 0 Å². The number of halogens is 1. The molecule has 0 radical (unpaired) electrons. The van der Waals surface area contributed by atoms with Gasteiger partial charge in [0.15, 0.2) is 0 Å². The lowest BCUT2D eigenvalue weighted by atomic mass is 9.93. The van der Waals surface area contributed by atoms with Gasteiger partial charge in [-0.25, -0.2) is 0 Å². The number of carbonyl (C=O) groups excluding carboxylic acids is 1. The van der Waals surface area contributed by atoms with Crippen LogP contribution in [-0.4, -0.2) is 31.0 Å². The van der Waals surface area contributed by atoms with Crippen molar-refractivity contribution in [2.24, 2.45) is 5.92 Å². The SMILES string of the molecule is COc1ccc(CN(Cc2ccccc2)C(=O)CCC2CCNCC2)cc1.Cl. The number of rotatable bonds is 8. The quantitative estimate of drug-likeness (QED) is 0.710. The van der Waals surface area contributed by atoms with Gasteiger partial charge in [-0.1, -0.05) is 42.5 Å². The predicted octanol–water partition coefficient (Wildman–Crippen LogP) is 4.43. The fraction of sp³-hybridized carbons (Fsp3) is 0.435. The van der Waals surface area contributed by atoms with Crippen LogP contribution in [0.3, 0.4) is 0 Å². The van der Waals surface area contributed by atoms with Crippen molar-refractivity contribution in [3.63, 3.8) is 0 Å². The van der Waals surface area contributed by atoms with Gasteiger partial charge in [-0.2, -0.15) is 0 Å². The van der Waals surface area contributed by atoms with Crippen molar-refractivity contribution in [3.05, 3.63) is 65.7 Å². The number of ether oxygens (including phenoxy) is 1. The smallest absolute Gasteiger partial charge is 0.223 e. The summed E-state index contributed by atoms with van der Waals surface area (Å²) in [4.78, 5) is 15.0. The zero-order valence-corrected chi connectivity index (χ0v) is 17.4. The molecule has 0 spiro atoms. The van der Waals surface area contributed by atoms with Gasteiger partial charge >= 0.3 is 0 Å². The van der Waals surface area contributed by atoms with E-state index in [1.165, 1.54) is 18.4 Å². The molecule has 1 aliphatic heterocycles. The number of carbonyl (C=O) groups is 1. The van der Waals surface area contributed by atoms with Gasteiger partial charge in [-0.05, 0) is 61.5 Å². The largest absolute Gasteiger partial charge is 0.497 e. The summed E-state index contributed by atoms with van der Waals surface area (Å²) >= 11 is 0. The molecule has 3 rings (SSSR count). The number of nitrogens with zero attached hydrogens (tertiary/aromatic N) is 1. The van der Waals surface area contributed by atoms with Gasteiger partial charge in [0, 0.05) is 19.5 Å². The summed E-state index contributed by atoms with van der Waals surface area (Å²) in [5.41, 5.74) is 2.29. The molecule has 1 saturated heterocycles. The molecule has 5 heteroatoms. The molecule has 4 nitrogen and oxygen atoms in total. The first kappa shape index (κ1) is 22.3. The van der Waals surface area contributed by atoms with Crippen molar-refractivity contribution in [2.75, 3.05) is 20.2 Å². The number of amides is 1. The molecule has 1 fully saturated rings. The van der Waals surface area contributed by atoms with Gasteiger partial charge in [-0.15, -0.1) is 12.4 Å². The summed E-state index contributed by atoms with van der Waals surface area (Å²) < 4.78 is 5.24. The molecule has 1 aliphatic rings. The lowest BCUT2D eigenvalue weighted by Gasteiger charge is -2.26. The maximum atomic E-state index is 13.0. The van der Waals surface area contributed by atoms with Crippen molar-refractivity contribution >= 4 is 18.3 Å². The second-order valence-electron chi connectivity index (χ2n) is 7.32. The van der Waals surface area contributed by atoms with Crippen molar-refractivity contribution < 1.29 is 9.53 Å². The van der Waals surface area contributed by atoms with E-state index >= 15 is 0 Å². The highest BCUT2D eigenvalue weighted by atomic mass is 35.5. The van der Waals surface area contributed by atoms with E-state index in [0.29, 0.717) is 25.4 Å². The third-order valence-corrected chi connectivity index (χ3v) is 5.33. The molecule has 0 saturated carbocycles. The van der Waals surface area contributed by atoms with E-state index < -0.39 is 0 Å². The molecule has 1 heterocycles. The van der Waals surface area contributed by atoms with Gasteiger partial charge in [0.25, 0.3) is 0 Å². The average molecular weight is 403 g/mol. The Hall–Kier alpha value is -2.04. The van der Waals surface area contributed by atoms with Gasteiger partial charge < -0.3 is 15.0 Å². The van der Waals surface area contributed by atoms with Crippen LogP contribution in [0.15, 0.2) is 54.6 Å². The van der Waals surface area contributed by atoms with Crippen LogP contribution in [0.1, 0.15) is 36.8 Å². The number of piperidine rings is 1. The summed E-state index contributed by atoms with van der Waals surface area (Å²) in [5.74, 6) is 1.76. The van der Waals surface area contributed by atoms with Crippen molar-refractivity contribution in [1.82, 2.24) is 10.2 Å². The van der Waals surface area contributed by atoms with Crippen LogP contribution in [0.4, 0.5) is 0 Å². The Morgan fingerprint density at radius 2 is 1.61 bits per heavy atom. The first-order chi connectivity index (χ1) is 13.2. The number of nitrogens with one attached hydrogen (secondary N) is 1. The van der Waals surface area contributed by atoms with E-state index in [1.807, 2.05) is 47.4 Å². The number of benzene rings is 2. The van der Waals surface area contributed by atoms with E-state index in [1.54, 1.807) is 7.11 Å². The predicted molar refractivity (Wildman–Crippen MR) is 116 cm³/mol. The minimum absolute atomic E-state index is 0. The zero-order chi connectivity index (χ0) is 18.9. The highest BCUT2D eigenvalue weighted by molar-refractivity contribution is 5.85. The first-order valence-corrected chi connectivity index (χ1v) is 9.90. The lowest BCUT2D eigenvalue weighted by molar-refractivity contribution is -0.132. The van der Waals surface area contributed by atoms with E-state index in [4.69, 9.17) is 4.74 Å². The monoisotopic (exact) mass is 402 g/mol. The Kier molecular flexibility index (Phi) is 9.32. The van der Waals surface area contributed by atoms with Crippen molar-refractivity contribution in [3.8, 4) is 5.75 Å². The molecule has 1 amide bonds.